The molecule has 0 saturated heterocycles. The number of benzene rings is 2. The number of para-hydroxylation sites is 1. The van der Waals surface area contributed by atoms with Gasteiger partial charge < -0.3 is 20.2 Å². The first-order valence-corrected chi connectivity index (χ1v) is 15.8. The van der Waals surface area contributed by atoms with Crippen LogP contribution >= 0.6 is 0 Å². The van der Waals surface area contributed by atoms with Crippen molar-refractivity contribution in [3.63, 3.8) is 0 Å². The number of fused-ring (bicyclic) bond motifs is 1. The SMILES string of the molecule is CC(=O)N1[C@H](CC23CC4CC(CC(C4)C2)C3)C(=O)N(Cc2cccc(C)c2)c2ccccc2C(=O)C[C@H]1C(=O)NCC(=O)O. The van der Waals surface area contributed by atoms with E-state index < -0.39 is 36.4 Å². The van der Waals surface area contributed by atoms with E-state index in [0.29, 0.717) is 35.4 Å². The number of aliphatic carboxylic acids is 1. The summed E-state index contributed by atoms with van der Waals surface area (Å²) in [6.45, 7) is 2.86. The molecule has 2 N–H and O–H groups in total. The summed E-state index contributed by atoms with van der Waals surface area (Å²) in [5.41, 5.74) is 2.54. The molecule has 3 amide bonds. The van der Waals surface area contributed by atoms with Crippen LogP contribution in [0.4, 0.5) is 5.69 Å². The number of carbonyl (C=O) groups is 5. The topological polar surface area (TPSA) is 124 Å². The van der Waals surface area contributed by atoms with Crippen LogP contribution in [0.1, 0.15) is 79.8 Å². The Morgan fingerprint density at radius 1 is 0.955 bits per heavy atom. The van der Waals surface area contributed by atoms with Crippen LogP contribution in [-0.2, 0) is 25.7 Å². The van der Waals surface area contributed by atoms with Crippen LogP contribution in [0.25, 0.3) is 0 Å². The average Bonchev–Trinajstić information content (AvgIpc) is 2.99. The van der Waals surface area contributed by atoms with Crippen molar-refractivity contribution in [3.05, 3.63) is 65.2 Å². The fraction of sp³-hybridized carbons (Fsp3) is 0.514. The highest BCUT2D eigenvalue weighted by molar-refractivity contribution is 6.10. The van der Waals surface area contributed by atoms with Gasteiger partial charge in [0.2, 0.25) is 17.7 Å². The van der Waals surface area contributed by atoms with Gasteiger partial charge >= 0.3 is 5.97 Å². The summed E-state index contributed by atoms with van der Waals surface area (Å²) >= 11 is 0. The van der Waals surface area contributed by atoms with Crippen molar-refractivity contribution in [2.24, 2.45) is 23.2 Å². The minimum Gasteiger partial charge on any atom is -0.480 e. The molecule has 0 radical (unpaired) electrons. The van der Waals surface area contributed by atoms with Crippen molar-refractivity contribution in [2.75, 3.05) is 11.4 Å². The van der Waals surface area contributed by atoms with Gasteiger partial charge in [0, 0.05) is 18.9 Å². The number of carboxylic acids is 1. The molecule has 1 heterocycles. The molecule has 0 unspecified atom stereocenters. The lowest BCUT2D eigenvalue weighted by molar-refractivity contribution is -0.150. The normalized spacial score (nSPS) is 29.5. The van der Waals surface area contributed by atoms with Crippen molar-refractivity contribution in [3.8, 4) is 0 Å². The Labute approximate surface area is 258 Å². The van der Waals surface area contributed by atoms with Gasteiger partial charge in [0.1, 0.15) is 18.6 Å². The number of carbonyl (C=O) groups excluding carboxylic acids is 4. The van der Waals surface area contributed by atoms with Crippen molar-refractivity contribution in [1.29, 1.82) is 0 Å². The Hall–Kier alpha value is -4.01. The number of hydrogen-bond donors (Lipinski definition) is 2. The van der Waals surface area contributed by atoms with E-state index in [9.17, 15) is 24.3 Å². The molecule has 4 aliphatic carbocycles. The largest absolute Gasteiger partial charge is 0.480 e. The molecule has 2 aromatic rings. The summed E-state index contributed by atoms with van der Waals surface area (Å²) in [6.07, 6.45) is 6.71. The van der Waals surface area contributed by atoms with Gasteiger partial charge in [-0.1, -0.05) is 42.0 Å². The zero-order valence-electron chi connectivity index (χ0n) is 25.5. The minimum atomic E-state index is -1.32. The first kappa shape index (κ1) is 30.0. The van der Waals surface area contributed by atoms with Crippen LogP contribution in [0.15, 0.2) is 48.5 Å². The van der Waals surface area contributed by atoms with E-state index in [4.69, 9.17) is 0 Å². The van der Waals surface area contributed by atoms with E-state index in [1.54, 1.807) is 29.2 Å². The third kappa shape index (κ3) is 5.88. The first-order valence-electron chi connectivity index (χ1n) is 15.8. The fourth-order valence-corrected chi connectivity index (χ4v) is 9.19. The predicted octanol–water partition coefficient (Wildman–Crippen LogP) is 4.51. The lowest BCUT2D eigenvalue weighted by Gasteiger charge is -2.58. The monoisotopic (exact) mass is 599 g/mol. The zero-order chi connectivity index (χ0) is 31.2. The highest BCUT2D eigenvalue weighted by Crippen LogP contribution is 2.62. The quantitative estimate of drug-likeness (QED) is 0.483. The molecule has 4 bridgehead atoms. The second-order valence-electron chi connectivity index (χ2n) is 13.7. The molecule has 4 fully saturated rings. The lowest BCUT2D eigenvalue weighted by atomic mass is 9.48. The van der Waals surface area contributed by atoms with E-state index in [1.165, 1.54) is 31.1 Å². The Kier molecular flexibility index (Phi) is 8.07. The summed E-state index contributed by atoms with van der Waals surface area (Å²) in [7, 11) is 0. The van der Waals surface area contributed by atoms with Crippen molar-refractivity contribution in [1.82, 2.24) is 10.2 Å². The van der Waals surface area contributed by atoms with E-state index in [2.05, 4.69) is 5.32 Å². The third-order valence-corrected chi connectivity index (χ3v) is 10.4. The van der Waals surface area contributed by atoms with Gasteiger partial charge in [0.15, 0.2) is 5.78 Å². The number of carboxylic acid groups (broad SMARTS) is 1. The molecule has 2 aromatic carbocycles. The molecule has 0 spiro atoms. The summed E-state index contributed by atoms with van der Waals surface area (Å²) in [6, 6.07) is 12.5. The maximum Gasteiger partial charge on any atom is 0.322 e. The average molecular weight is 600 g/mol. The number of amides is 3. The number of ketones is 1. The lowest BCUT2D eigenvalue weighted by Crippen LogP contribution is -2.60. The van der Waals surface area contributed by atoms with Crippen LogP contribution in [0.3, 0.4) is 0 Å². The maximum atomic E-state index is 15.1. The molecule has 1 aliphatic heterocycles. The number of aryl methyl sites for hydroxylation is 1. The minimum absolute atomic E-state index is 0.128. The molecule has 0 aromatic heterocycles. The van der Waals surface area contributed by atoms with Gasteiger partial charge in [-0.3, -0.25) is 24.0 Å². The van der Waals surface area contributed by atoms with Gasteiger partial charge in [-0.2, -0.15) is 0 Å². The summed E-state index contributed by atoms with van der Waals surface area (Å²) in [5, 5.41) is 11.7. The highest BCUT2D eigenvalue weighted by atomic mass is 16.4. The van der Waals surface area contributed by atoms with Crippen molar-refractivity contribution in [2.45, 2.75) is 83.8 Å². The van der Waals surface area contributed by atoms with Crippen molar-refractivity contribution >= 4 is 35.2 Å². The molecular weight excluding hydrogens is 558 g/mol. The van der Waals surface area contributed by atoms with Gasteiger partial charge in [-0.25, -0.2) is 0 Å². The molecule has 5 aliphatic rings. The molecule has 232 valence electrons. The van der Waals surface area contributed by atoms with Gasteiger partial charge in [-0.15, -0.1) is 0 Å². The molecule has 9 nitrogen and oxygen atoms in total. The number of hydrogen-bond acceptors (Lipinski definition) is 5. The highest BCUT2D eigenvalue weighted by Gasteiger charge is 2.54. The Balaban J connectivity index is 1.48. The molecule has 7 rings (SSSR count). The number of nitrogens with zero attached hydrogens (tertiary/aromatic N) is 2. The zero-order valence-corrected chi connectivity index (χ0v) is 25.5. The second kappa shape index (κ2) is 11.8. The van der Waals surface area contributed by atoms with E-state index >= 15 is 4.79 Å². The van der Waals surface area contributed by atoms with E-state index in [1.807, 2.05) is 31.2 Å². The summed E-state index contributed by atoms with van der Waals surface area (Å²) < 4.78 is 0. The Morgan fingerprint density at radius 2 is 1.61 bits per heavy atom. The van der Waals surface area contributed by atoms with Crippen LogP contribution in [-0.4, -0.2) is 58.1 Å². The Bertz CT molecular complexity index is 1470. The predicted molar refractivity (Wildman–Crippen MR) is 164 cm³/mol. The summed E-state index contributed by atoms with van der Waals surface area (Å²) in [5.74, 6) is -1.35. The number of Topliss-reactive ketones (excluding diaryl/α,β-unsaturated/α-hetero) is 1. The van der Waals surface area contributed by atoms with Gasteiger partial charge in [0.05, 0.1) is 12.2 Å². The number of nitrogens with one attached hydrogen (secondary N) is 1. The van der Waals surface area contributed by atoms with E-state index in [-0.39, 0.29) is 30.1 Å². The summed E-state index contributed by atoms with van der Waals surface area (Å²) in [4.78, 5) is 70.5. The fourth-order valence-electron chi connectivity index (χ4n) is 9.19. The van der Waals surface area contributed by atoms with Crippen LogP contribution in [0, 0.1) is 30.1 Å². The second-order valence-corrected chi connectivity index (χ2v) is 13.7. The van der Waals surface area contributed by atoms with Crippen LogP contribution in [0.5, 0.6) is 0 Å². The smallest absolute Gasteiger partial charge is 0.322 e. The van der Waals surface area contributed by atoms with Gasteiger partial charge in [0.25, 0.3) is 0 Å². The van der Waals surface area contributed by atoms with E-state index in [0.717, 1.165) is 30.4 Å². The number of rotatable bonds is 7. The van der Waals surface area contributed by atoms with Crippen LogP contribution in [0.2, 0.25) is 0 Å². The van der Waals surface area contributed by atoms with Crippen LogP contribution < -0.4 is 10.2 Å². The van der Waals surface area contributed by atoms with Crippen molar-refractivity contribution < 1.29 is 29.1 Å². The number of anilines is 1. The Morgan fingerprint density at radius 3 is 2.23 bits per heavy atom. The first-order chi connectivity index (χ1) is 21.0. The third-order valence-electron chi connectivity index (χ3n) is 10.4. The maximum absolute atomic E-state index is 15.1. The molecular formula is C35H41N3O6. The molecule has 44 heavy (non-hydrogen) atoms. The standard InChI is InChI=1S/C35H41N3O6/c1-21-6-5-7-23(10-21)20-37-28-9-4-3-8-27(28)31(40)14-29(33(43)36-19-32(41)42)38(22(2)39)30(34(37)44)18-35-15-24-11-25(16-35)13-26(12-24)17-35/h3-10,24-26,29-30H,11-20H2,1-2H3,(H,36,43)(H,41,42)/t24?,25?,26?,29-,30+,35?/m0/s1. The molecule has 2 atom stereocenters. The molecule has 9 heteroatoms. The molecule has 4 saturated carbocycles. The van der Waals surface area contributed by atoms with Gasteiger partial charge in [-0.05, 0) is 92.7 Å².